The Morgan fingerprint density at radius 2 is 1.21 bits per heavy atom. The Hall–Kier alpha value is -0.640. The lowest BCUT2D eigenvalue weighted by Crippen LogP contribution is -1.95. The minimum absolute atomic E-state index is 0.629. The second kappa shape index (κ2) is 6.69. The molecule has 0 aliphatic carbocycles. The summed E-state index contributed by atoms with van der Waals surface area (Å²) in [6.45, 7) is 5.42. The highest BCUT2D eigenvalue weighted by molar-refractivity contribution is 9.10. The van der Waals surface area contributed by atoms with Crippen molar-refractivity contribution in [2.45, 2.75) is 27.1 Å². The monoisotopic (exact) mass is 382 g/mol. The van der Waals surface area contributed by atoms with Gasteiger partial charge in [-0.1, -0.05) is 56.1 Å². The first-order chi connectivity index (χ1) is 9.06. The van der Waals surface area contributed by atoms with Crippen molar-refractivity contribution in [3.8, 4) is 0 Å². The largest absolute Gasteiger partial charge is 0.372 e. The molecule has 0 amide bonds. The lowest BCUT2D eigenvalue weighted by atomic mass is 10.1. The van der Waals surface area contributed by atoms with Gasteiger partial charge in [-0.05, 0) is 48.2 Å². The van der Waals surface area contributed by atoms with Gasteiger partial charge in [0.25, 0.3) is 0 Å². The second-order valence-corrected chi connectivity index (χ2v) is 6.37. The normalized spacial score (nSPS) is 10.7. The first kappa shape index (κ1) is 14.8. The fourth-order valence-electron chi connectivity index (χ4n) is 1.74. The highest BCUT2D eigenvalue weighted by Gasteiger charge is 2.00. The van der Waals surface area contributed by atoms with Gasteiger partial charge in [-0.3, -0.25) is 0 Å². The van der Waals surface area contributed by atoms with Gasteiger partial charge >= 0.3 is 0 Å². The summed E-state index contributed by atoms with van der Waals surface area (Å²) >= 11 is 7.08. The number of hydrogen-bond donors (Lipinski definition) is 0. The average molecular weight is 384 g/mol. The minimum atomic E-state index is 0.629. The Morgan fingerprint density at radius 1 is 0.789 bits per heavy atom. The topological polar surface area (TPSA) is 9.23 Å². The lowest BCUT2D eigenvalue weighted by molar-refractivity contribution is 0.107. The van der Waals surface area contributed by atoms with Crippen LogP contribution in [0.2, 0.25) is 0 Å². The van der Waals surface area contributed by atoms with Crippen LogP contribution in [0.5, 0.6) is 0 Å². The van der Waals surface area contributed by atoms with Gasteiger partial charge < -0.3 is 4.74 Å². The molecule has 2 aromatic carbocycles. The van der Waals surface area contributed by atoms with Crippen LogP contribution in [0.3, 0.4) is 0 Å². The molecule has 0 heterocycles. The maximum Gasteiger partial charge on any atom is 0.0721 e. The van der Waals surface area contributed by atoms with Crippen LogP contribution in [0.15, 0.2) is 45.3 Å². The Bertz CT molecular complexity index is 527. The van der Waals surface area contributed by atoms with Crippen LogP contribution < -0.4 is 0 Å². The van der Waals surface area contributed by atoms with Gasteiger partial charge in [0.15, 0.2) is 0 Å². The van der Waals surface area contributed by atoms with Crippen LogP contribution in [0.4, 0.5) is 0 Å². The van der Waals surface area contributed by atoms with Crippen LogP contribution in [0.1, 0.15) is 22.3 Å². The maximum absolute atomic E-state index is 5.75. The van der Waals surface area contributed by atoms with Crippen LogP contribution in [0, 0.1) is 13.8 Å². The van der Waals surface area contributed by atoms with Gasteiger partial charge in [-0.25, -0.2) is 0 Å². The SMILES string of the molecule is Cc1ccc(COCc2ccc(C)c(Br)c2)cc1Br. The predicted molar refractivity (Wildman–Crippen MR) is 86.3 cm³/mol. The zero-order chi connectivity index (χ0) is 13.8. The van der Waals surface area contributed by atoms with Gasteiger partial charge in [0.2, 0.25) is 0 Å². The summed E-state index contributed by atoms with van der Waals surface area (Å²) in [5.74, 6) is 0. The van der Waals surface area contributed by atoms with E-state index >= 15 is 0 Å². The van der Waals surface area contributed by atoms with Crippen LogP contribution in [-0.4, -0.2) is 0 Å². The summed E-state index contributed by atoms with van der Waals surface area (Å²) < 4.78 is 8.02. The lowest BCUT2D eigenvalue weighted by Gasteiger charge is -2.07. The number of rotatable bonds is 4. The van der Waals surface area contributed by atoms with Crippen molar-refractivity contribution in [2.24, 2.45) is 0 Å². The molecule has 0 fully saturated rings. The molecular weight excluding hydrogens is 368 g/mol. The van der Waals surface area contributed by atoms with E-state index in [1.807, 2.05) is 0 Å². The molecule has 100 valence electrons. The van der Waals surface area contributed by atoms with Gasteiger partial charge in [0, 0.05) is 8.95 Å². The zero-order valence-corrected chi connectivity index (χ0v) is 14.2. The number of hydrogen-bond acceptors (Lipinski definition) is 1. The molecule has 3 heteroatoms. The number of aryl methyl sites for hydroxylation is 2. The molecule has 0 N–H and O–H groups in total. The van der Waals surface area contributed by atoms with E-state index in [4.69, 9.17) is 4.74 Å². The molecule has 0 aliphatic heterocycles. The first-order valence-corrected chi connectivity index (χ1v) is 7.72. The standard InChI is InChI=1S/C16H16Br2O/c1-11-3-5-13(7-15(11)17)9-19-10-14-6-4-12(2)16(18)8-14/h3-8H,9-10H2,1-2H3. The third kappa shape index (κ3) is 4.16. The molecule has 2 aromatic rings. The van der Waals surface area contributed by atoms with Gasteiger partial charge in [0.05, 0.1) is 13.2 Å². The Morgan fingerprint density at radius 3 is 1.58 bits per heavy atom. The molecular formula is C16H16Br2O. The van der Waals surface area contributed by atoms with Crippen molar-refractivity contribution in [1.82, 2.24) is 0 Å². The van der Waals surface area contributed by atoms with Crippen LogP contribution >= 0.6 is 31.9 Å². The fraction of sp³-hybridized carbons (Fsp3) is 0.250. The maximum atomic E-state index is 5.75. The van der Waals surface area contributed by atoms with Gasteiger partial charge in [-0.15, -0.1) is 0 Å². The predicted octanol–water partition coefficient (Wildman–Crippen LogP) is 5.55. The van der Waals surface area contributed by atoms with Crippen molar-refractivity contribution >= 4 is 31.9 Å². The molecule has 0 unspecified atom stereocenters. The summed E-state index contributed by atoms with van der Waals surface area (Å²) in [5.41, 5.74) is 4.85. The van der Waals surface area contributed by atoms with Gasteiger partial charge in [-0.2, -0.15) is 0 Å². The molecule has 0 atom stereocenters. The first-order valence-electron chi connectivity index (χ1n) is 6.14. The summed E-state index contributed by atoms with van der Waals surface area (Å²) in [7, 11) is 0. The van der Waals surface area contributed by atoms with Crippen molar-refractivity contribution in [2.75, 3.05) is 0 Å². The number of halogens is 2. The van der Waals surface area contributed by atoms with Gasteiger partial charge in [0.1, 0.15) is 0 Å². The van der Waals surface area contributed by atoms with E-state index in [2.05, 4.69) is 82.1 Å². The molecule has 0 spiro atoms. The molecule has 0 bridgehead atoms. The third-order valence-corrected chi connectivity index (χ3v) is 4.72. The van der Waals surface area contributed by atoms with E-state index in [1.165, 1.54) is 22.3 Å². The molecule has 2 rings (SSSR count). The zero-order valence-electron chi connectivity index (χ0n) is 11.0. The average Bonchev–Trinajstić information content (AvgIpc) is 2.38. The Labute approximate surface area is 131 Å². The van der Waals surface area contributed by atoms with Crippen molar-refractivity contribution in [1.29, 1.82) is 0 Å². The number of ether oxygens (including phenoxy) is 1. The number of benzene rings is 2. The van der Waals surface area contributed by atoms with Crippen molar-refractivity contribution in [3.63, 3.8) is 0 Å². The third-order valence-electron chi connectivity index (χ3n) is 3.01. The molecule has 1 nitrogen and oxygen atoms in total. The van der Waals surface area contributed by atoms with E-state index in [1.54, 1.807) is 0 Å². The molecule has 0 radical (unpaired) electrons. The molecule has 0 saturated carbocycles. The quantitative estimate of drug-likeness (QED) is 0.672. The molecule has 0 aromatic heterocycles. The summed E-state index contributed by atoms with van der Waals surface area (Å²) in [6.07, 6.45) is 0. The van der Waals surface area contributed by atoms with Crippen LogP contribution in [0.25, 0.3) is 0 Å². The smallest absolute Gasteiger partial charge is 0.0721 e. The summed E-state index contributed by atoms with van der Waals surface area (Å²) in [4.78, 5) is 0. The minimum Gasteiger partial charge on any atom is -0.372 e. The molecule has 0 aliphatic rings. The Kier molecular flexibility index (Phi) is 5.20. The summed E-state index contributed by atoms with van der Waals surface area (Å²) in [5, 5.41) is 0. The molecule has 0 saturated heterocycles. The van der Waals surface area contributed by atoms with E-state index in [0.29, 0.717) is 13.2 Å². The molecule has 19 heavy (non-hydrogen) atoms. The van der Waals surface area contributed by atoms with E-state index in [9.17, 15) is 0 Å². The van der Waals surface area contributed by atoms with E-state index in [-0.39, 0.29) is 0 Å². The van der Waals surface area contributed by atoms with E-state index in [0.717, 1.165) is 8.95 Å². The van der Waals surface area contributed by atoms with Crippen molar-refractivity contribution in [3.05, 3.63) is 67.6 Å². The van der Waals surface area contributed by atoms with Crippen LogP contribution in [-0.2, 0) is 18.0 Å². The summed E-state index contributed by atoms with van der Waals surface area (Å²) in [6, 6.07) is 12.6. The highest BCUT2D eigenvalue weighted by atomic mass is 79.9. The van der Waals surface area contributed by atoms with E-state index < -0.39 is 0 Å². The second-order valence-electron chi connectivity index (χ2n) is 4.66. The Balaban J connectivity index is 1.92. The fourth-order valence-corrected chi connectivity index (χ4v) is 2.59. The van der Waals surface area contributed by atoms with Crippen molar-refractivity contribution < 1.29 is 4.74 Å². The highest BCUT2D eigenvalue weighted by Crippen LogP contribution is 2.20.